The van der Waals surface area contributed by atoms with Crippen molar-refractivity contribution in [3.05, 3.63) is 55.1 Å². The van der Waals surface area contributed by atoms with Gasteiger partial charge in [-0.15, -0.1) is 11.3 Å². The van der Waals surface area contributed by atoms with Crippen LogP contribution >= 0.6 is 38.9 Å². The SMILES string of the molecule is N#Cc1ccc(CNCc2cc(Br)cs2)c(Cl)c1. The van der Waals surface area contributed by atoms with Crippen molar-refractivity contribution in [1.29, 1.82) is 5.26 Å². The second kappa shape index (κ2) is 6.35. The lowest BCUT2D eigenvalue weighted by atomic mass is 10.1. The summed E-state index contributed by atoms with van der Waals surface area (Å²) in [4.78, 5) is 1.27. The second-order valence-corrected chi connectivity index (χ2v) is 6.07. The summed E-state index contributed by atoms with van der Waals surface area (Å²) in [6, 6.07) is 9.53. The fourth-order valence-electron chi connectivity index (χ4n) is 1.53. The first-order valence-electron chi connectivity index (χ1n) is 5.31. The van der Waals surface area contributed by atoms with Gasteiger partial charge in [0.25, 0.3) is 0 Å². The summed E-state index contributed by atoms with van der Waals surface area (Å²) in [5, 5.41) is 14.8. The number of hydrogen-bond acceptors (Lipinski definition) is 3. The maximum atomic E-state index is 8.75. The van der Waals surface area contributed by atoms with E-state index >= 15 is 0 Å². The Kier molecular flexibility index (Phi) is 4.79. The van der Waals surface area contributed by atoms with Gasteiger partial charge in [0.1, 0.15) is 0 Å². The summed E-state index contributed by atoms with van der Waals surface area (Å²) in [5.41, 5.74) is 1.59. The van der Waals surface area contributed by atoms with Crippen LogP contribution in [0.3, 0.4) is 0 Å². The normalized spacial score (nSPS) is 10.3. The Hall–Kier alpha value is -0.860. The zero-order valence-corrected chi connectivity index (χ0v) is 12.6. The average Bonchev–Trinajstić information content (AvgIpc) is 2.77. The highest BCUT2D eigenvalue weighted by Gasteiger charge is 2.02. The molecule has 0 amide bonds. The fraction of sp³-hybridized carbons (Fsp3) is 0.154. The van der Waals surface area contributed by atoms with Gasteiger partial charge in [0.2, 0.25) is 0 Å². The van der Waals surface area contributed by atoms with Crippen molar-refractivity contribution < 1.29 is 0 Å². The lowest BCUT2D eigenvalue weighted by Crippen LogP contribution is -2.12. The molecule has 2 nitrogen and oxygen atoms in total. The number of benzene rings is 1. The summed E-state index contributed by atoms with van der Waals surface area (Å²) in [6.07, 6.45) is 0. The number of rotatable bonds is 4. The summed E-state index contributed by atoms with van der Waals surface area (Å²) < 4.78 is 1.11. The summed E-state index contributed by atoms with van der Waals surface area (Å²) in [6.45, 7) is 1.51. The van der Waals surface area contributed by atoms with E-state index in [9.17, 15) is 0 Å². The summed E-state index contributed by atoms with van der Waals surface area (Å²) >= 11 is 11.2. The van der Waals surface area contributed by atoms with E-state index in [4.69, 9.17) is 16.9 Å². The Labute approximate surface area is 123 Å². The van der Waals surface area contributed by atoms with Crippen LogP contribution < -0.4 is 5.32 Å². The molecule has 0 saturated heterocycles. The fourth-order valence-corrected chi connectivity index (χ4v) is 3.20. The smallest absolute Gasteiger partial charge is 0.0992 e. The van der Waals surface area contributed by atoms with Crippen molar-refractivity contribution in [3.8, 4) is 6.07 Å². The van der Waals surface area contributed by atoms with E-state index in [1.54, 1.807) is 23.5 Å². The van der Waals surface area contributed by atoms with E-state index in [1.165, 1.54) is 4.88 Å². The molecule has 0 spiro atoms. The highest BCUT2D eigenvalue weighted by Crippen LogP contribution is 2.20. The Balaban J connectivity index is 1.92. The molecule has 0 unspecified atom stereocenters. The number of nitrogens with one attached hydrogen (secondary N) is 1. The van der Waals surface area contributed by atoms with Gasteiger partial charge in [0, 0.05) is 32.8 Å². The number of nitrogens with zero attached hydrogens (tertiary/aromatic N) is 1. The molecule has 0 saturated carbocycles. The first-order chi connectivity index (χ1) is 8.69. The third-order valence-electron chi connectivity index (χ3n) is 2.42. The molecule has 1 aromatic heterocycles. The van der Waals surface area contributed by atoms with Crippen LogP contribution in [0.15, 0.2) is 34.1 Å². The third-order valence-corrected chi connectivity index (χ3v) is 4.47. The van der Waals surface area contributed by atoms with Crippen molar-refractivity contribution in [2.45, 2.75) is 13.1 Å². The number of hydrogen-bond donors (Lipinski definition) is 1. The predicted molar refractivity (Wildman–Crippen MR) is 78.7 cm³/mol. The van der Waals surface area contributed by atoms with Gasteiger partial charge in [-0.25, -0.2) is 0 Å². The van der Waals surface area contributed by atoms with Gasteiger partial charge in [0.15, 0.2) is 0 Å². The molecule has 0 aliphatic rings. The molecule has 0 aliphatic carbocycles. The van der Waals surface area contributed by atoms with Crippen LogP contribution in [0.1, 0.15) is 16.0 Å². The van der Waals surface area contributed by atoms with E-state index < -0.39 is 0 Å². The van der Waals surface area contributed by atoms with E-state index in [0.717, 1.165) is 16.6 Å². The van der Waals surface area contributed by atoms with Crippen LogP contribution in [-0.4, -0.2) is 0 Å². The molecule has 18 heavy (non-hydrogen) atoms. The molecular formula is C13H10BrClN2S. The van der Waals surface area contributed by atoms with Gasteiger partial charge < -0.3 is 5.32 Å². The van der Waals surface area contributed by atoms with Crippen LogP contribution in [0.2, 0.25) is 5.02 Å². The van der Waals surface area contributed by atoms with Crippen LogP contribution in [0, 0.1) is 11.3 Å². The highest BCUT2D eigenvalue weighted by molar-refractivity contribution is 9.10. The van der Waals surface area contributed by atoms with Gasteiger partial charge in [-0.3, -0.25) is 0 Å². The number of thiophene rings is 1. The first kappa shape index (κ1) is 13.6. The lowest BCUT2D eigenvalue weighted by Gasteiger charge is -2.05. The Morgan fingerprint density at radius 1 is 1.33 bits per heavy atom. The van der Waals surface area contributed by atoms with E-state index in [1.807, 2.05) is 6.07 Å². The minimum Gasteiger partial charge on any atom is -0.308 e. The highest BCUT2D eigenvalue weighted by atomic mass is 79.9. The summed E-state index contributed by atoms with van der Waals surface area (Å²) in [5.74, 6) is 0. The first-order valence-corrected chi connectivity index (χ1v) is 7.36. The predicted octanol–water partition coefficient (Wildman–Crippen LogP) is 4.33. The molecule has 0 radical (unpaired) electrons. The topological polar surface area (TPSA) is 35.8 Å². The maximum absolute atomic E-state index is 8.75. The van der Waals surface area contributed by atoms with Crippen molar-refractivity contribution >= 4 is 38.9 Å². The molecule has 92 valence electrons. The zero-order valence-electron chi connectivity index (χ0n) is 9.41. The van der Waals surface area contributed by atoms with E-state index in [-0.39, 0.29) is 0 Å². The standard InChI is InChI=1S/C13H10BrClN2S/c14-11-4-12(18-8-11)7-17-6-10-2-1-9(5-16)3-13(10)15/h1-4,8,17H,6-7H2. The lowest BCUT2D eigenvalue weighted by molar-refractivity contribution is 0.701. The second-order valence-electron chi connectivity index (χ2n) is 3.75. The van der Waals surface area contributed by atoms with Crippen LogP contribution in [0.25, 0.3) is 0 Å². The summed E-state index contributed by atoms with van der Waals surface area (Å²) in [7, 11) is 0. The van der Waals surface area contributed by atoms with Gasteiger partial charge in [-0.05, 0) is 39.7 Å². The van der Waals surface area contributed by atoms with Crippen LogP contribution in [-0.2, 0) is 13.1 Å². The van der Waals surface area contributed by atoms with E-state index in [2.05, 4.69) is 38.8 Å². The van der Waals surface area contributed by atoms with Gasteiger partial charge in [0.05, 0.1) is 11.6 Å². The van der Waals surface area contributed by atoms with Gasteiger partial charge in [-0.2, -0.15) is 5.26 Å². The molecule has 0 bridgehead atoms. The van der Waals surface area contributed by atoms with Crippen molar-refractivity contribution in [2.75, 3.05) is 0 Å². The third kappa shape index (κ3) is 3.56. The van der Waals surface area contributed by atoms with Crippen molar-refractivity contribution in [2.24, 2.45) is 0 Å². The Morgan fingerprint density at radius 3 is 2.78 bits per heavy atom. The van der Waals surface area contributed by atoms with Gasteiger partial charge in [-0.1, -0.05) is 17.7 Å². The van der Waals surface area contributed by atoms with E-state index in [0.29, 0.717) is 17.1 Å². The molecule has 0 aliphatic heterocycles. The minimum absolute atomic E-state index is 0.589. The van der Waals surface area contributed by atoms with Crippen molar-refractivity contribution in [1.82, 2.24) is 5.32 Å². The molecule has 2 rings (SSSR count). The Bertz CT molecular complexity index is 589. The molecule has 1 N–H and O–H groups in total. The molecule has 1 heterocycles. The van der Waals surface area contributed by atoms with Crippen LogP contribution in [0.5, 0.6) is 0 Å². The maximum Gasteiger partial charge on any atom is 0.0992 e. The number of nitriles is 1. The molecule has 1 aromatic carbocycles. The monoisotopic (exact) mass is 340 g/mol. The molecule has 0 fully saturated rings. The molecular weight excluding hydrogens is 332 g/mol. The number of halogens is 2. The Morgan fingerprint density at radius 2 is 2.17 bits per heavy atom. The molecule has 5 heteroatoms. The largest absolute Gasteiger partial charge is 0.308 e. The molecule has 2 aromatic rings. The van der Waals surface area contributed by atoms with Crippen LogP contribution in [0.4, 0.5) is 0 Å². The zero-order chi connectivity index (χ0) is 13.0. The quantitative estimate of drug-likeness (QED) is 0.898. The average molecular weight is 342 g/mol. The minimum atomic E-state index is 0.589. The van der Waals surface area contributed by atoms with Gasteiger partial charge >= 0.3 is 0 Å². The molecule has 0 atom stereocenters. The van der Waals surface area contributed by atoms with Crippen molar-refractivity contribution in [3.63, 3.8) is 0 Å².